The normalized spacial score (nSPS) is 12.5. The predicted octanol–water partition coefficient (Wildman–Crippen LogP) is 16.9. The van der Waals surface area contributed by atoms with Gasteiger partial charge in [0.05, 0.1) is 0 Å². The summed E-state index contributed by atoms with van der Waals surface area (Å²) in [6, 6.07) is 0. The fourth-order valence-corrected chi connectivity index (χ4v) is 7.17. The number of esters is 3. The molecule has 0 rings (SSSR count). The molecule has 0 radical (unpaired) electrons. The first-order valence-electron chi connectivity index (χ1n) is 25.8. The van der Waals surface area contributed by atoms with E-state index in [0.717, 1.165) is 109 Å². The second-order valence-electron chi connectivity index (χ2n) is 17.1. The minimum Gasteiger partial charge on any atom is -0.462 e. The third-order valence-electron chi connectivity index (χ3n) is 11.0. The Hall–Kier alpha value is -2.89. The highest BCUT2D eigenvalue weighted by Crippen LogP contribution is 2.15. The van der Waals surface area contributed by atoms with Crippen molar-refractivity contribution in [2.45, 2.75) is 258 Å². The molecule has 0 heterocycles. The van der Waals surface area contributed by atoms with Crippen molar-refractivity contribution >= 4 is 17.9 Å². The van der Waals surface area contributed by atoms with Crippen molar-refractivity contribution in [3.63, 3.8) is 0 Å². The van der Waals surface area contributed by atoms with Crippen molar-refractivity contribution in [3.8, 4) is 0 Å². The Balaban J connectivity index is 4.30. The molecule has 0 saturated heterocycles. The standard InChI is InChI=1S/C55H96O6/c1-4-7-10-13-16-19-21-23-25-26-27-28-29-30-31-33-34-36-39-42-45-48-54(57)60-51-52(50-59-53(56)47-44-41-38-18-15-12-9-6-3)61-55(58)49-46-43-40-37-35-32-24-22-20-17-14-11-8-5-2/h7,10,16,19,23,25,27-28,30-31,52H,4-6,8-9,11-15,17-18,20-22,24,26,29,32-51H2,1-3H3/b10-7-,19-16-,25-23-,28-27-,31-30-. The zero-order chi connectivity index (χ0) is 44.4. The number of ether oxygens (including phenoxy) is 3. The highest BCUT2D eigenvalue weighted by Gasteiger charge is 2.19. The van der Waals surface area contributed by atoms with E-state index in [-0.39, 0.29) is 31.1 Å². The minimum atomic E-state index is -0.776. The number of hydrogen-bond acceptors (Lipinski definition) is 6. The van der Waals surface area contributed by atoms with Gasteiger partial charge in [-0.05, 0) is 64.2 Å². The lowest BCUT2D eigenvalue weighted by atomic mass is 10.0. The van der Waals surface area contributed by atoms with Crippen molar-refractivity contribution in [2.24, 2.45) is 0 Å². The van der Waals surface area contributed by atoms with Crippen molar-refractivity contribution in [3.05, 3.63) is 60.8 Å². The molecule has 0 fully saturated rings. The van der Waals surface area contributed by atoms with Crippen LogP contribution in [0, 0.1) is 0 Å². The smallest absolute Gasteiger partial charge is 0.306 e. The molecule has 0 spiro atoms. The summed E-state index contributed by atoms with van der Waals surface area (Å²) >= 11 is 0. The third-order valence-corrected chi connectivity index (χ3v) is 11.0. The Labute approximate surface area is 377 Å². The Morgan fingerprint density at radius 1 is 0.344 bits per heavy atom. The first-order valence-corrected chi connectivity index (χ1v) is 25.8. The second-order valence-corrected chi connectivity index (χ2v) is 17.1. The van der Waals surface area contributed by atoms with Gasteiger partial charge in [-0.3, -0.25) is 14.4 Å². The largest absolute Gasteiger partial charge is 0.462 e. The van der Waals surface area contributed by atoms with E-state index >= 15 is 0 Å². The Morgan fingerprint density at radius 2 is 0.639 bits per heavy atom. The van der Waals surface area contributed by atoms with Crippen LogP contribution in [-0.2, 0) is 28.6 Å². The van der Waals surface area contributed by atoms with Gasteiger partial charge in [0.2, 0.25) is 0 Å². The van der Waals surface area contributed by atoms with Gasteiger partial charge in [0.25, 0.3) is 0 Å². The lowest BCUT2D eigenvalue weighted by molar-refractivity contribution is -0.167. The SMILES string of the molecule is CC/C=C\C/C=C\C/C=C\C/C=C\C/C=C\CCCCCCCC(=O)OCC(COC(=O)CCCCCCCCCC)OC(=O)CCCCCCCCCCCCCCCC. The van der Waals surface area contributed by atoms with E-state index < -0.39 is 6.10 Å². The number of carbonyl (C=O) groups excluding carboxylic acids is 3. The van der Waals surface area contributed by atoms with Crippen LogP contribution >= 0.6 is 0 Å². The van der Waals surface area contributed by atoms with E-state index in [0.29, 0.717) is 19.3 Å². The van der Waals surface area contributed by atoms with Crippen molar-refractivity contribution in [1.82, 2.24) is 0 Å². The molecule has 1 atom stereocenters. The van der Waals surface area contributed by atoms with Crippen molar-refractivity contribution in [1.29, 1.82) is 0 Å². The molecule has 0 aromatic rings. The maximum Gasteiger partial charge on any atom is 0.306 e. The molecule has 1 unspecified atom stereocenters. The van der Waals surface area contributed by atoms with E-state index in [1.54, 1.807) is 0 Å². The average Bonchev–Trinajstić information content (AvgIpc) is 3.26. The molecule has 6 nitrogen and oxygen atoms in total. The molecule has 0 aromatic carbocycles. The summed E-state index contributed by atoms with van der Waals surface area (Å²) < 4.78 is 16.7. The van der Waals surface area contributed by atoms with Gasteiger partial charge >= 0.3 is 17.9 Å². The van der Waals surface area contributed by atoms with Gasteiger partial charge in [0.15, 0.2) is 6.10 Å². The molecule has 61 heavy (non-hydrogen) atoms. The van der Waals surface area contributed by atoms with Crippen LogP contribution in [0.2, 0.25) is 0 Å². The van der Waals surface area contributed by atoms with Crippen molar-refractivity contribution in [2.75, 3.05) is 13.2 Å². The maximum atomic E-state index is 12.8. The molecule has 6 heteroatoms. The lowest BCUT2D eigenvalue weighted by Crippen LogP contribution is -2.30. The van der Waals surface area contributed by atoms with E-state index in [9.17, 15) is 14.4 Å². The highest BCUT2D eigenvalue weighted by atomic mass is 16.6. The first kappa shape index (κ1) is 58.1. The minimum absolute atomic E-state index is 0.0779. The summed E-state index contributed by atoms with van der Waals surface area (Å²) in [4.78, 5) is 37.8. The summed E-state index contributed by atoms with van der Waals surface area (Å²) in [7, 11) is 0. The van der Waals surface area contributed by atoms with Gasteiger partial charge < -0.3 is 14.2 Å². The van der Waals surface area contributed by atoms with Crippen molar-refractivity contribution < 1.29 is 28.6 Å². The molecule has 0 aromatic heterocycles. The third kappa shape index (κ3) is 48.0. The summed E-state index contributed by atoms with van der Waals surface area (Å²) in [6.07, 6.45) is 60.7. The zero-order valence-electron chi connectivity index (χ0n) is 40.2. The summed E-state index contributed by atoms with van der Waals surface area (Å²) in [6.45, 7) is 6.49. The molecule has 0 aliphatic heterocycles. The van der Waals surface area contributed by atoms with Crippen LogP contribution in [0.1, 0.15) is 252 Å². The fourth-order valence-electron chi connectivity index (χ4n) is 7.17. The number of carbonyl (C=O) groups is 3. The van der Waals surface area contributed by atoms with E-state index in [1.807, 2.05) is 0 Å². The summed E-state index contributed by atoms with van der Waals surface area (Å²) in [5.41, 5.74) is 0. The van der Waals surface area contributed by atoms with Gasteiger partial charge in [-0.15, -0.1) is 0 Å². The van der Waals surface area contributed by atoms with Gasteiger partial charge in [0, 0.05) is 19.3 Å². The van der Waals surface area contributed by atoms with Crippen LogP contribution in [0.3, 0.4) is 0 Å². The maximum absolute atomic E-state index is 12.8. The highest BCUT2D eigenvalue weighted by molar-refractivity contribution is 5.71. The topological polar surface area (TPSA) is 78.9 Å². The van der Waals surface area contributed by atoms with E-state index in [1.165, 1.54) is 103 Å². The van der Waals surface area contributed by atoms with Crippen LogP contribution in [-0.4, -0.2) is 37.2 Å². The molecule has 352 valence electrons. The monoisotopic (exact) mass is 853 g/mol. The van der Waals surface area contributed by atoms with Crippen LogP contribution in [0.25, 0.3) is 0 Å². The van der Waals surface area contributed by atoms with Gasteiger partial charge in [-0.2, -0.15) is 0 Å². The van der Waals surface area contributed by atoms with Crippen LogP contribution in [0.15, 0.2) is 60.8 Å². The van der Waals surface area contributed by atoms with Crippen LogP contribution in [0.4, 0.5) is 0 Å². The van der Waals surface area contributed by atoms with Crippen LogP contribution in [0.5, 0.6) is 0 Å². The summed E-state index contributed by atoms with van der Waals surface area (Å²) in [5.74, 6) is -0.896. The molecule has 0 bridgehead atoms. The van der Waals surface area contributed by atoms with Gasteiger partial charge in [-0.25, -0.2) is 0 Å². The molecule has 0 N–H and O–H groups in total. The van der Waals surface area contributed by atoms with E-state index in [2.05, 4.69) is 81.5 Å². The van der Waals surface area contributed by atoms with Gasteiger partial charge in [-0.1, -0.05) is 229 Å². The number of rotatable bonds is 46. The number of unbranched alkanes of at least 4 members (excludes halogenated alkanes) is 25. The average molecular weight is 853 g/mol. The number of allylic oxidation sites excluding steroid dienone is 10. The molecule has 0 saturated carbocycles. The molecular formula is C55H96O6. The van der Waals surface area contributed by atoms with Crippen LogP contribution < -0.4 is 0 Å². The molecular weight excluding hydrogens is 757 g/mol. The fraction of sp³-hybridized carbons (Fsp3) is 0.764. The predicted molar refractivity (Wildman–Crippen MR) is 261 cm³/mol. The zero-order valence-corrected chi connectivity index (χ0v) is 40.2. The lowest BCUT2D eigenvalue weighted by Gasteiger charge is -2.18. The first-order chi connectivity index (χ1) is 30.0. The number of hydrogen-bond donors (Lipinski definition) is 0. The molecule has 0 aliphatic rings. The Kier molecular flexibility index (Phi) is 47.4. The second kappa shape index (κ2) is 49.8. The summed E-state index contributed by atoms with van der Waals surface area (Å²) in [5, 5.41) is 0. The quantitative estimate of drug-likeness (QED) is 0.0263. The molecule has 0 amide bonds. The Bertz CT molecular complexity index is 1120. The van der Waals surface area contributed by atoms with Gasteiger partial charge in [0.1, 0.15) is 13.2 Å². The Morgan fingerprint density at radius 3 is 1.00 bits per heavy atom. The molecule has 0 aliphatic carbocycles. The van der Waals surface area contributed by atoms with E-state index in [4.69, 9.17) is 14.2 Å².